The van der Waals surface area contributed by atoms with Crippen LogP contribution < -0.4 is 5.32 Å². The van der Waals surface area contributed by atoms with E-state index in [0.717, 1.165) is 31.2 Å². The minimum atomic E-state index is -3.28. The molecule has 4 rings (SSSR count). The maximum absolute atomic E-state index is 13.0. The van der Waals surface area contributed by atoms with Gasteiger partial charge in [0.1, 0.15) is 0 Å². The van der Waals surface area contributed by atoms with Crippen molar-refractivity contribution in [1.29, 1.82) is 0 Å². The first-order valence-electron chi connectivity index (χ1n) is 10.5. The smallest absolute Gasteiger partial charge is 0.253 e. The first kappa shape index (κ1) is 22.6. The number of rotatable bonds is 7. The Morgan fingerprint density at radius 1 is 1.03 bits per heavy atom. The second-order valence-electron chi connectivity index (χ2n) is 8.32. The van der Waals surface area contributed by atoms with Crippen LogP contribution in [0.2, 0.25) is 10.0 Å². The lowest BCUT2D eigenvalue weighted by atomic mass is 9.87. The molecule has 0 bridgehead atoms. The normalized spacial score (nSPS) is 18.5. The van der Waals surface area contributed by atoms with Crippen LogP contribution in [0.5, 0.6) is 0 Å². The Bertz CT molecular complexity index is 1050. The number of carbonyl (C=O) groups is 1. The van der Waals surface area contributed by atoms with Gasteiger partial charge in [0.2, 0.25) is 0 Å². The summed E-state index contributed by atoms with van der Waals surface area (Å²) in [5, 5.41) is 3.86. The molecule has 0 radical (unpaired) electrons. The molecule has 1 N–H and O–H groups in total. The summed E-state index contributed by atoms with van der Waals surface area (Å²) in [4.78, 5) is 13.3. The number of amides is 1. The fraction of sp³-hybridized carbons (Fsp3) is 0.435. The number of halogens is 2. The molecule has 0 spiro atoms. The molecule has 5 nitrogen and oxygen atoms in total. The Kier molecular flexibility index (Phi) is 6.92. The summed E-state index contributed by atoms with van der Waals surface area (Å²) in [6.45, 7) is 1.26. The molecule has 1 heterocycles. The van der Waals surface area contributed by atoms with E-state index in [4.69, 9.17) is 27.9 Å². The summed E-state index contributed by atoms with van der Waals surface area (Å²) in [5.41, 5.74) is 1.22. The monoisotopic (exact) mass is 481 g/mol. The zero-order valence-electron chi connectivity index (χ0n) is 17.0. The van der Waals surface area contributed by atoms with Gasteiger partial charge in [-0.05, 0) is 73.4 Å². The summed E-state index contributed by atoms with van der Waals surface area (Å²) >= 11 is 12.2. The second-order valence-corrected chi connectivity index (χ2v) is 11.2. The maximum Gasteiger partial charge on any atom is 0.253 e. The van der Waals surface area contributed by atoms with Gasteiger partial charge in [0.25, 0.3) is 5.91 Å². The SMILES string of the molecule is O=C(NC(c1ccc(S(=O)(=O)CC2CC2)cc1)C1CCOCC1)c1ccc(Cl)cc1Cl. The van der Waals surface area contributed by atoms with Crippen molar-refractivity contribution in [2.45, 2.75) is 36.6 Å². The number of hydrogen-bond acceptors (Lipinski definition) is 4. The number of sulfone groups is 1. The quantitative estimate of drug-likeness (QED) is 0.598. The van der Waals surface area contributed by atoms with Crippen LogP contribution in [-0.2, 0) is 14.6 Å². The average molecular weight is 482 g/mol. The number of ether oxygens (including phenoxy) is 1. The molecule has 1 saturated carbocycles. The molecule has 8 heteroatoms. The van der Waals surface area contributed by atoms with Crippen molar-refractivity contribution >= 4 is 38.9 Å². The summed E-state index contributed by atoms with van der Waals surface area (Å²) in [7, 11) is -3.28. The molecule has 2 fully saturated rings. The molecule has 1 unspecified atom stereocenters. The fourth-order valence-electron chi connectivity index (χ4n) is 3.99. The van der Waals surface area contributed by atoms with E-state index in [1.165, 1.54) is 0 Å². The molecule has 31 heavy (non-hydrogen) atoms. The molecule has 0 aromatic heterocycles. The molecule has 2 aliphatic rings. The Labute approximate surface area is 193 Å². The summed E-state index contributed by atoms with van der Waals surface area (Å²) < 4.78 is 30.6. The molecule has 1 atom stereocenters. The van der Waals surface area contributed by atoms with Crippen LogP contribution in [0.1, 0.15) is 47.6 Å². The van der Waals surface area contributed by atoms with Gasteiger partial charge < -0.3 is 10.1 Å². The third kappa shape index (κ3) is 5.61. The van der Waals surface area contributed by atoms with Crippen LogP contribution in [0, 0.1) is 11.8 Å². The van der Waals surface area contributed by atoms with Crippen LogP contribution in [0.4, 0.5) is 0 Å². The molecular formula is C23H25Cl2NO4S. The Morgan fingerprint density at radius 3 is 2.32 bits per heavy atom. The Morgan fingerprint density at radius 2 is 1.71 bits per heavy atom. The number of hydrogen-bond donors (Lipinski definition) is 1. The van der Waals surface area contributed by atoms with Crippen molar-refractivity contribution in [1.82, 2.24) is 5.32 Å². The zero-order chi connectivity index (χ0) is 22.0. The fourth-order valence-corrected chi connectivity index (χ4v) is 6.18. The number of carbonyl (C=O) groups excluding carboxylic acids is 1. The summed E-state index contributed by atoms with van der Waals surface area (Å²) in [6, 6.07) is 11.4. The maximum atomic E-state index is 13.0. The molecule has 1 amide bonds. The van der Waals surface area contributed by atoms with Crippen molar-refractivity contribution in [3.8, 4) is 0 Å². The zero-order valence-corrected chi connectivity index (χ0v) is 19.3. The van der Waals surface area contributed by atoms with Crippen molar-refractivity contribution in [3.63, 3.8) is 0 Å². The van der Waals surface area contributed by atoms with E-state index in [1.807, 2.05) is 12.1 Å². The van der Waals surface area contributed by atoms with E-state index in [2.05, 4.69) is 5.32 Å². The molecule has 1 saturated heterocycles. The highest BCUT2D eigenvalue weighted by molar-refractivity contribution is 7.91. The third-order valence-electron chi connectivity index (χ3n) is 5.95. The predicted octanol–water partition coefficient (Wildman–Crippen LogP) is 5.07. The predicted molar refractivity (Wildman–Crippen MR) is 121 cm³/mol. The van der Waals surface area contributed by atoms with Crippen molar-refractivity contribution < 1.29 is 17.9 Å². The molecule has 2 aromatic rings. The van der Waals surface area contributed by atoms with Crippen LogP contribution in [0.25, 0.3) is 0 Å². The largest absolute Gasteiger partial charge is 0.381 e. The minimum Gasteiger partial charge on any atom is -0.381 e. The summed E-state index contributed by atoms with van der Waals surface area (Å²) in [5.74, 6) is 0.394. The van der Waals surface area contributed by atoms with Crippen LogP contribution >= 0.6 is 23.2 Å². The highest BCUT2D eigenvalue weighted by Gasteiger charge is 2.30. The van der Waals surface area contributed by atoms with Gasteiger partial charge in [-0.1, -0.05) is 35.3 Å². The van der Waals surface area contributed by atoms with Crippen molar-refractivity contribution in [3.05, 3.63) is 63.6 Å². The van der Waals surface area contributed by atoms with Gasteiger partial charge in [-0.2, -0.15) is 0 Å². The second kappa shape index (κ2) is 9.49. The van der Waals surface area contributed by atoms with Gasteiger partial charge in [-0.15, -0.1) is 0 Å². The van der Waals surface area contributed by atoms with Crippen LogP contribution in [0.3, 0.4) is 0 Å². The minimum absolute atomic E-state index is 0.178. The lowest BCUT2D eigenvalue weighted by Gasteiger charge is -2.31. The topological polar surface area (TPSA) is 72.5 Å². The summed E-state index contributed by atoms with van der Waals surface area (Å²) in [6.07, 6.45) is 3.59. The van der Waals surface area contributed by atoms with Crippen LogP contribution in [0.15, 0.2) is 47.4 Å². The van der Waals surface area contributed by atoms with Gasteiger partial charge in [0.05, 0.1) is 27.3 Å². The van der Waals surface area contributed by atoms with Gasteiger partial charge >= 0.3 is 0 Å². The first-order chi connectivity index (χ1) is 14.8. The molecule has 1 aliphatic heterocycles. The van der Waals surface area contributed by atoms with Gasteiger partial charge in [-0.25, -0.2) is 8.42 Å². The average Bonchev–Trinajstić information content (AvgIpc) is 3.56. The standard InChI is InChI=1S/C23H25Cl2NO4S/c24-18-5-8-20(21(25)13-18)23(27)26-22(17-9-11-30-12-10-17)16-3-6-19(7-4-16)31(28,29)14-15-1-2-15/h3-8,13,15,17,22H,1-2,9-12,14H2,(H,26,27). The molecule has 2 aromatic carbocycles. The molecule has 166 valence electrons. The number of benzene rings is 2. The Hall–Kier alpha value is -1.60. The highest BCUT2D eigenvalue weighted by atomic mass is 35.5. The molecular weight excluding hydrogens is 457 g/mol. The first-order valence-corrected chi connectivity index (χ1v) is 12.9. The Balaban J connectivity index is 1.58. The van der Waals surface area contributed by atoms with E-state index in [-0.39, 0.29) is 28.6 Å². The highest BCUT2D eigenvalue weighted by Crippen LogP contribution is 2.34. The van der Waals surface area contributed by atoms with Crippen molar-refractivity contribution in [2.24, 2.45) is 11.8 Å². The van der Waals surface area contributed by atoms with Gasteiger partial charge in [-0.3, -0.25) is 4.79 Å². The molecule has 1 aliphatic carbocycles. The number of nitrogens with one attached hydrogen (secondary N) is 1. The van der Waals surface area contributed by atoms with E-state index < -0.39 is 9.84 Å². The lowest BCUT2D eigenvalue weighted by molar-refractivity contribution is 0.0514. The van der Waals surface area contributed by atoms with Crippen molar-refractivity contribution in [2.75, 3.05) is 19.0 Å². The van der Waals surface area contributed by atoms with Crippen LogP contribution in [-0.4, -0.2) is 33.3 Å². The van der Waals surface area contributed by atoms with Gasteiger partial charge in [0, 0.05) is 18.2 Å². The van der Waals surface area contributed by atoms with E-state index in [0.29, 0.717) is 34.6 Å². The lowest BCUT2D eigenvalue weighted by Crippen LogP contribution is -2.36. The van der Waals surface area contributed by atoms with E-state index in [9.17, 15) is 13.2 Å². The van der Waals surface area contributed by atoms with Gasteiger partial charge in [0.15, 0.2) is 9.84 Å². The van der Waals surface area contributed by atoms with E-state index in [1.54, 1.807) is 30.3 Å². The van der Waals surface area contributed by atoms with E-state index >= 15 is 0 Å². The third-order valence-corrected chi connectivity index (χ3v) is 8.40.